The van der Waals surface area contributed by atoms with Gasteiger partial charge in [-0.15, -0.1) is 0 Å². The molecule has 3 aromatic rings. The van der Waals surface area contributed by atoms with Crippen LogP contribution >= 0.6 is 11.6 Å². The molecule has 0 aliphatic carbocycles. The molecular formula is C20H21ClN6O. The predicted molar refractivity (Wildman–Crippen MR) is 110 cm³/mol. The summed E-state index contributed by atoms with van der Waals surface area (Å²) in [6.07, 6.45) is 3.41. The van der Waals surface area contributed by atoms with E-state index in [9.17, 15) is 4.79 Å². The van der Waals surface area contributed by atoms with Gasteiger partial charge in [0, 0.05) is 37.4 Å². The number of aromatic nitrogens is 3. The second-order valence-electron chi connectivity index (χ2n) is 6.77. The first-order valence-corrected chi connectivity index (χ1v) is 9.49. The molecular weight excluding hydrogens is 376 g/mol. The lowest BCUT2D eigenvalue weighted by Gasteiger charge is -2.33. The Kier molecular flexibility index (Phi) is 5.27. The van der Waals surface area contributed by atoms with Gasteiger partial charge in [-0.05, 0) is 43.4 Å². The molecule has 1 aromatic carbocycles. The third-order valence-corrected chi connectivity index (χ3v) is 4.96. The van der Waals surface area contributed by atoms with Crippen molar-refractivity contribution in [3.8, 4) is 5.69 Å². The summed E-state index contributed by atoms with van der Waals surface area (Å²) >= 11 is 6.01. The summed E-state index contributed by atoms with van der Waals surface area (Å²) in [5.41, 5.74) is 1.76. The van der Waals surface area contributed by atoms with Crippen molar-refractivity contribution < 1.29 is 4.79 Å². The van der Waals surface area contributed by atoms with E-state index in [-0.39, 0.29) is 5.91 Å². The van der Waals surface area contributed by atoms with Crippen molar-refractivity contribution in [3.63, 3.8) is 0 Å². The molecule has 8 heteroatoms. The summed E-state index contributed by atoms with van der Waals surface area (Å²) in [5, 5.41) is 7.79. The van der Waals surface area contributed by atoms with Gasteiger partial charge in [0.1, 0.15) is 5.82 Å². The first kappa shape index (κ1) is 18.5. The molecule has 0 radical (unpaired) electrons. The van der Waals surface area contributed by atoms with Gasteiger partial charge in [-0.2, -0.15) is 5.10 Å². The topological polar surface area (TPSA) is 66.3 Å². The number of piperazine rings is 1. The van der Waals surface area contributed by atoms with Crippen LogP contribution in [0.1, 0.15) is 10.5 Å². The van der Waals surface area contributed by atoms with Crippen LogP contribution in [0.25, 0.3) is 5.69 Å². The second kappa shape index (κ2) is 8.00. The van der Waals surface area contributed by atoms with Crippen LogP contribution in [0.4, 0.5) is 11.5 Å². The largest absolute Gasteiger partial charge is 0.354 e. The van der Waals surface area contributed by atoms with Gasteiger partial charge in [0.15, 0.2) is 5.69 Å². The Hall–Kier alpha value is -2.90. The molecule has 0 atom stereocenters. The molecule has 28 heavy (non-hydrogen) atoms. The van der Waals surface area contributed by atoms with Crippen LogP contribution in [-0.4, -0.2) is 58.8 Å². The van der Waals surface area contributed by atoms with Crippen molar-refractivity contribution in [3.05, 3.63) is 65.6 Å². The minimum absolute atomic E-state index is 0.282. The van der Waals surface area contributed by atoms with Gasteiger partial charge >= 0.3 is 0 Å². The zero-order valence-corrected chi connectivity index (χ0v) is 16.3. The second-order valence-corrected chi connectivity index (χ2v) is 7.21. The number of nitrogens with one attached hydrogen (secondary N) is 1. The summed E-state index contributed by atoms with van der Waals surface area (Å²) in [7, 11) is 2.12. The van der Waals surface area contributed by atoms with Crippen LogP contribution in [-0.2, 0) is 0 Å². The van der Waals surface area contributed by atoms with Gasteiger partial charge in [0.05, 0.1) is 17.6 Å². The molecule has 0 bridgehead atoms. The third kappa shape index (κ3) is 4.16. The van der Waals surface area contributed by atoms with Gasteiger partial charge in [-0.1, -0.05) is 17.7 Å². The number of likely N-dealkylation sites (N-methyl/N-ethyl adjacent to an activating group) is 1. The van der Waals surface area contributed by atoms with E-state index in [2.05, 4.69) is 32.2 Å². The highest BCUT2D eigenvalue weighted by Crippen LogP contribution is 2.17. The molecule has 144 valence electrons. The van der Waals surface area contributed by atoms with Crippen LogP contribution < -0.4 is 10.2 Å². The Bertz CT molecular complexity index is 963. The Morgan fingerprint density at radius 3 is 2.64 bits per heavy atom. The Morgan fingerprint density at radius 2 is 1.93 bits per heavy atom. The molecule has 4 rings (SSSR count). The summed E-state index contributed by atoms with van der Waals surface area (Å²) in [4.78, 5) is 21.5. The Labute approximate surface area is 168 Å². The van der Waals surface area contributed by atoms with Gasteiger partial charge in [-0.3, -0.25) is 4.79 Å². The van der Waals surface area contributed by atoms with Crippen molar-refractivity contribution in [2.45, 2.75) is 0 Å². The Balaban J connectivity index is 1.41. The number of carbonyl (C=O) groups excluding carboxylic acids is 1. The average Bonchev–Trinajstić information content (AvgIpc) is 3.20. The predicted octanol–water partition coefficient (Wildman–Crippen LogP) is 2.92. The molecule has 1 N–H and O–H groups in total. The molecule has 0 spiro atoms. The maximum absolute atomic E-state index is 12.5. The minimum atomic E-state index is -0.282. The fraction of sp³-hybridized carbons (Fsp3) is 0.250. The van der Waals surface area contributed by atoms with Gasteiger partial charge < -0.3 is 15.1 Å². The lowest BCUT2D eigenvalue weighted by Crippen LogP contribution is -2.44. The molecule has 1 fully saturated rings. The number of halogens is 1. The molecule has 2 aromatic heterocycles. The van der Waals surface area contributed by atoms with E-state index in [0.717, 1.165) is 37.7 Å². The van der Waals surface area contributed by atoms with E-state index in [1.165, 1.54) is 0 Å². The SMILES string of the molecule is CN1CCN(c2ccc(NC(=O)c3ccn(-c4cccc(Cl)c4)n3)cn2)CC1. The highest BCUT2D eigenvalue weighted by Gasteiger charge is 2.16. The van der Waals surface area contributed by atoms with E-state index < -0.39 is 0 Å². The van der Waals surface area contributed by atoms with Gasteiger partial charge in [0.2, 0.25) is 0 Å². The Morgan fingerprint density at radius 1 is 1.11 bits per heavy atom. The summed E-state index contributed by atoms with van der Waals surface area (Å²) in [6, 6.07) is 12.8. The number of nitrogens with zero attached hydrogens (tertiary/aromatic N) is 5. The molecule has 1 amide bonds. The number of hydrogen-bond acceptors (Lipinski definition) is 5. The van der Waals surface area contributed by atoms with E-state index in [1.54, 1.807) is 35.3 Å². The third-order valence-electron chi connectivity index (χ3n) is 4.73. The molecule has 7 nitrogen and oxygen atoms in total. The maximum Gasteiger partial charge on any atom is 0.276 e. The van der Waals surface area contributed by atoms with E-state index in [4.69, 9.17) is 11.6 Å². The normalized spacial score (nSPS) is 14.9. The summed E-state index contributed by atoms with van der Waals surface area (Å²) < 4.78 is 1.62. The zero-order chi connectivity index (χ0) is 19.5. The minimum Gasteiger partial charge on any atom is -0.354 e. The number of carbonyl (C=O) groups is 1. The van der Waals surface area contributed by atoms with Crippen molar-refractivity contribution in [2.75, 3.05) is 43.4 Å². The highest BCUT2D eigenvalue weighted by atomic mass is 35.5. The molecule has 1 saturated heterocycles. The standard InChI is InChI=1S/C20H21ClN6O/c1-25-9-11-26(12-10-25)19-6-5-16(14-22-19)23-20(28)18-7-8-27(24-18)17-4-2-3-15(21)13-17/h2-8,13-14H,9-12H2,1H3,(H,23,28). The number of benzene rings is 1. The monoisotopic (exact) mass is 396 g/mol. The molecule has 1 aliphatic heterocycles. The molecule has 0 saturated carbocycles. The van der Waals surface area contributed by atoms with Crippen LogP contribution in [0.3, 0.4) is 0 Å². The van der Waals surface area contributed by atoms with Gasteiger partial charge in [0.25, 0.3) is 5.91 Å². The lowest BCUT2D eigenvalue weighted by molar-refractivity contribution is 0.102. The zero-order valence-electron chi connectivity index (χ0n) is 15.5. The van der Waals surface area contributed by atoms with Crippen LogP contribution in [0, 0.1) is 0 Å². The van der Waals surface area contributed by atoms with Crippen LogP contribution in [0.2, 0.25) is 5.02 Å². The number of pyridine rings is 1. The van der Waals surface area contributed by atoms with Gasteiger partial charge in [-0.25, -0.2) is 9.67 Å². The lowest BCUT2D eigenvalue weighted by atomic mass is 10.3. The molecule has 3 heterocycles. The van der Waals surface area contributed by atoms with Crippen molar-refractivity contribution in [2.24, 2.45) is 0 Å². The highest BCUT2D eigenvalue weighted by molar-refractivity contribution is 6.30. The molecule has 0 unspecified atom stereocenters. The van der Waals surface area contributed by atoms with Crippen LogP contribution in [0.15, 0.2) is 54.9 Å². The first-order valence-electron chi connectivity index (χ1n) is 9.11. The number of rotatable bonds is 4. The van der Waals surface area contributed by atoms with Crippen molar-refractivity contribution >= 4 is 29.0 Å². The number of hydrogen-bond donors (Lipinski definition) is 1. The van der Waals surface area contributed by atoms with Crippen molar-refractivity contribution in [1.29, 1.82) is 0 Å². The smallest absolute Gasteiger partial charge is 0.276 e. The number of amides is 1. The average molecular weight is 397 g/mol. The maximum atomic E-state index is 12.5. The fourth-order valence-electron chi connectivity index (χ4n) is 3.09. The fourth-order valence-corrected chi connectivity index (χ4v) is 3.27. The summed E-state index contributed by atoms with van der Waals surface area (Å²) in [5.74, 6) is 0.645. The van der Waals surface area contributed by atoms with Crippen LogP contribution in [0.5, 0.6) is 0 Å². The van der Waals surface area contributed by atoms with E-state index in [0.29, 0.717) is 16.4 Å². The quantitative estimate of drug-likeness (QED) is 0.734. The van der Waals surface area contributed by atoms with E-state index >= 15 is 0 Å². The summed E-state index contributed by atoms with van der Waals surface area (Å²) in [6.45, 7) is 3.96. The van der Waals surface area contributed by atoms with E-state index in [1.807, 2.05) is 24.3 Å². The van der Waals surface area contributed by atoms with Crippen molar-refractivity contribution in [1.82, 2.24) is 19.7 Å². The first-order chi connectivity index (χ1) is 13.6. The number of anilines is 2. The molecule has 1 aliphatic rings.